The van der Waals surface area contributed by atoms with Crippen LogP contribution in [0.25, 0.3) is 0 Å². The molecule has 8 heteroatoms. The molecule has 2 rings (SSSR count). The molecule has 1 amide bonds. The highest BCUT2D eigenvalue weighted by Gasteiger charge is 2.26. The third-order valence-corrected chi connectivity index (χ3v) is 4.43. The van der Waals surface area contributed by atoms with Gasteiger partial charge in [-0.15, -0.1) is 0 Å². The summed E-state index contributed by atoms with van der Waals surface area (Å²) < 4.78 is 31.5. The number of carbonyl (C=O) groups excluding carboxylic acids is 1. The molecule has 1 saturated heterocycles. The number of nitrogen functional groups attached to an aromatic ring is 1. The Balaban J connectivity index is 1.82. The predicted molar refractivity (Wildman–Crippen MR) is 79.3 cm³/mol. The van der Waals surface area contributed by atoms with Crippen molar-refractivity contribution < 1.29 is 17.9 Å². The smallest absolute Gasteiger partial charge is 0.238 e. The van der Waals surface area contributed by atoms with Gasteiger partial charge in [0.1, 0.15) is 18.4 Å². The van der Waals surface area contributed by atoms with Crippen LogP contribution < -0.4 is 20.5 Å². The number of nitrogens with two attached hydrogens (primary N) is 1. The van der Waals surface area contributed by atoms with Gasteiger partial charge in [0.25, 0.3) is 0 Å². The third-order valence-electron chi connectivity index (χ3n) is 3.09. The molecule has 4 N–H and O–H groups in total. The number of nitrogens with one attached hydrogen (secondary N) is 2. The highest BCUT2D eigenvalue weighted by atomic mass is 32.2. The largest absolute Gasteiger partial charge is 0.492 e. The van der Waals surface area contributed by atoms with E-state index in [-0.39, 0.29) is 18.3 Å². The minimum absolute atomic E-state index is 0.00682. The van der Waals surface area contributed by atoms with Crippen LogP contribution in [-0.4, -0.2) is 39.3 Å². The van der Waals surface area contributed by atoms with E-state index in [1.807, 2.05) is 0 Å². The molecule has 0 radical (unpaired) electrons. The van der Waals surface area contributed by atoms with Crippen molar-refractivity contribution in [1.29, 1.82) is 0 Å². The van der Waals surface area contributed by atoms with E-state index in [0.717, 1.165) is 6.42 Å². The lowest BCUT2D eigenvalue weighted by Gasteiger charge is -2.22. The number of piperidine rings is 1. The number of amides is 1. The Morgan fingerprint density at radius 3 is 2.95 bits per heavy atom. The van der Waals surface area contributed by atoms with Gasteiger partial charge < -0.3 is 15.8 Å². The fraction of sp³-hybridized carbons (Fsp3) is 0.462. The first kappa shape index (κ1) is 15.6. The van der Waals surface area contributed by atoms with E-state index >= 15 is 0 Å². The first-order valence-electron chi connectivity index (χ1n) is 6.72. The first-order chi connectivity index (χ1) is 9.96. The summed E-state index contributed by atoms with van der Waals surface area (Å²) in [5.74, 6) is 0.0214. The molecule has 116 valence electrons. The molecular formula is C13H19N3O4S. The van der Waals surface area contributed by atoms with Crippen LogP contribution >= 0.6 is 0 Å². The van der Waals surface area contributed by atoms with Crippen molar-refractivity contribution in [3.63, 3.8) is 0 Å². The summed E-state index contributed by atoms with van der Waals surface area (Å²) in [7, 11) is -3.56. The Bertz CT molecular complexity index is 603. The Kier molecular flexibility index (Phi) is 5.03. The second kappa shape index (κ2) is 6.77. The van der Waals surface area contributed by atoms with Gasteiger partial charge in [0.2, 0.25) is 15.9 Å². The van der Waals surface area contributed by atoms with E-state index < -0.39 is 16.1 Å². The van der Waals surface area contributed by atoms with Gasteiger partial charge in [-0.05, 0) is 25.0 Å². The lowest BCUT2D eigenvalue weighted by Crippen LogP contribution is -2.50. The number of rotatable bonds is 6. The number of hydrogen-bond donors (Lipinski definition) is 3. The highest BCUT2D eigenvalue weighted by molar-refractivity contribution is 7.89. The van der Waals surface area contributed by atoms with Gasteiger partial charge in [-0.3, -0.25) is 4.79 Å². The number of hydrogen-bond acceptors (Lipinski definition) is 5. The summed E-state index contributed by atoms with van der Waals surface area (Å²) in [6.45, 7) is 0.586. The predicted octanol–water partition coefficient (Wildman–Crippen LogP) is -0.154. The number of sulfonamides is 1. The molecule has 1 aromatic carbocycles. The van der Waals surface area contributed by atoms with Gasteiger partial charge in [0.05, 0.1) is 5.75 Å². The SMILES string of the molecule is Nc1cccc(OCCS(=O)(=O)NC2CCCNC2=O)c1. The number of anilines is 1. The highest BCUT2D eigenvalue weighted by Crippen LogP contribution is 2.14. The Hall–Kier alpha value is -1.80. The van der Waals surface area contributed by atoms with Gasteiger partial charge in [0.15, 0.2) is 0 Å². The zero-order valence-electron chi connectivity index (χ0n) is 11.5. The zero-order chi connectivity index (χ0) is 15.3. The quantitative estimate of drug-likeness (QED) is 0.632. The molecule has 0 aliphatic carbocycles. The minimum atomic E-state index is -3.56. The van der Waals surface area contributed by atoms with Crippen molar-refractivity contribution in [2.45, 2.75) is 18.9 Å². The molecular weight excluding hydrogens is 294 g/mol. The van der Waals surface area contributed by atoms with Crippen molar-refractivity contribution >= 4 is 21.6 Å². The summed E-state index contributed by atoms with van der Waals surface area (Å²) in [5.41, 5.74) is 6.15. The molecule has 0 saturated carbocycles. The number of benzene rings is 1. The van der Waals surface area contributed by atoms with E-state index in [9.17, 15) is 13.2 Å². The van der Waals surface area contributed by atoms with E-state index in [1.165, 1.54) is 0 Å². The lowest BCUT2D eigenvalue weighted by atomic mass is 10.1. The van der Waals surface area contributed by atoms with Gasteiger partial charge >= 0.3 is 0 Å². The number of ether oxygens (including phenoxy) is 1. The third kappa shape index (κ3) is 4.91. The molecule has 1 aliphatic rings. The Labute approximate surface area is 123 Å². The summed E-state index contributed by atoms with van der Waals surface area (Å²) >= 11 is 0. The van der Waals surface area contributed by atoms with Crippen molar-refractivity contribution in [3.8, 4) is 5.75 Å². The second-order valence-electron chi connectivity index (χ2n) is 4.84. The monoisotopic (exact) mass is 313 g/mol. The zero-order valence-corrected chi connectivity index (χ0v) is 12.4. The maximum atomic E-state index is 11.9. The molecule has 1 aromatic rings. The maximum absolute atomic E-state index is 11.9. The summed E-state index contributed by atoms with van der Waals surface area (Å²) in [4.78, 5) is 11.5. The molecule has 1 unspecified atom stereocenters. The minimum Gasteiger partial charge on any atom is -0.492 e. The summed E-state index contributed by atoms with van der Waals surface area (Å²) in [6.07, 6.45) is 1.28. The van der Waals surface area contributed by atoms with Crippen LogP contribution in [0.4, 0.5) is 5.69 Å². The molecule has 1 fully saturated rings. The van der Waals surface area contributed by atoms with Crippen LogP contribution in [0.2, 0.25) is 0 Å². The molecule has 0 aromatic heterocycles. The molecule has 21 heavy (non-hydrogen) atoms. The Morgan fingerprint density at radius 1 is 1.43 bits per heavy atom. The molecule has 7 nitrogen and oxygen atoms in total. The van der Waals surface area contributed by atoms with Crippen molar-refractivity contribution in [2.75, 3.05) is 24.6 Å². The van der Waals surface area contributed by atoms with Crippen molar-refractivity contribution in [3.05, 3.63) is 24.3 Å². The van der Waals surface area contributed by atoms with E-state index in [0.29, 0.717) is 24.4 Å². The fourth-order valence-electron chi connectivity index (χ4n) is 2.03. The van der Waals surface area contributed by atoms with Gasteiger partial charge in [0, 0.05) is 18.3 Å². The second-order valence-corrected chi connectivity index (χ2v) is 6.72. The van der Waals surface area contributed by atoms with Crippen molar-refractivity contribution in [2.24, 2.45) is 0 Å². The van der Waals surface area contributed by atoms with E-state index in [4.69, 9.17) is 10.5 Å². The van der Waals surface area contributed by atoms with Crippen molar-refractivity contribution in [1.82, 2.24) is 10.0 Å². The van der Waals surface area contributed by atoms with E-state index in [2.05, 4.69) is 10.0 Å². The maximum Gasteiger partial charge on any atom is 0.238 e. The van der Waals surface area contributed by atoms with Crippen LogP contribution in [0.1, 0.15) is 12.8 Å². The van der Waals surface area contributed by atoms with Crippen LogP contribution in [0.5, 0.6) is 5.75 Å². The van der Waals surface area contributed by atoms with Gasteiger partial charge in [-0.1, -0.05) is 6.07 Å². The molecule has 0 spiro atoms. The standard InChI is InChI=1S/C13H19N3O4S/c14-10-3-1-4-11(9-10)20-7-8-21(18,19)16-12-5-2-6-15-13(12)17/h1,3-4,9,12,16H,2,5-8,14H2,(H,15,17). The normalized spacial score (nSPS) is 19.0. The summed E-state index contributed by atoms with van der Waals surface area (Å²) in [5, 5.41) is 2.63. The average Bonchev–Trinajstić information content (AvgIpc) is 2.41. The molecule has 1 atom stereocenters. The molecule has 1 heterocycles. The summed E-state index contributed by atoms with van der Waals surface area (Å²) in [6, 6.07) is 6.08. The van der Waals surface area contributed by atoms with Crippen LogP contribution in [0.3, 0.4) is 0 Å². The lowest BCUT2D eigenvalue weighted by molar-refractivity contribution is -0.124. The van der Waals surface area contributed by atoms with Crippen LogP contribution in [-0.2, 0) is 14.8 Å². The Morgan fingerprint density at radius 2 is 2.24 bits per heavy atom. The molecule has 0 bridgehead atoms. The van der Waals surface area contributed by atoms with E-state index in [1.54, 1.807) is 24.3 Å². The molecule has 1 aliphatic heterocycles. The fourth-order valence-corrected chi connectivity index (χ4v) is 3.11. The first-order valence-corrected chi connectivity index (χ1v) is 8.37. The topological polar surface area (TPSA) is 111 Å². The average molecular weight is 313 g/mol. The van der Waals surface area contributed by atoms with Gasteiger partial charge in [-0.2, -0.15) is 0 Å². The van der Waals surface area contributed by atoms with Crippen LogP contribution in [0, 0.1) is 0 Å². The van der Waals surface area contributed by atoms with Gasteiger partial charge in [-0.25, -0.2) is 13.1 Å². The van der Waals surface area contributed by atoms with Crippen LogP contribution in [0.15, 0.2) is 24.3 Å². The number of carbonyl (C=O) groups is 1.